The molecule has 1 aromatic carbocycles. The Hall–Kier alpha value is -1.97. The van der Waals surface area contributed by atoms with Crippen molar-refractivity contribution in [3.05, 3.63) is 36.6 Å². The second kappa shape index (κ2) is 3.62. The first-order valence-electron chi connectivity index (χ1n) is 3.48. The van der Waals surface area contributed by atoms with Crippen molar-refractivity contribution in [1.29, 1.82) is 0 Å². The van der Waals surface area contributed by atoms with Gasteiger partial charge in [0, 0.05) is 0 Å². The highest BCUT2D eigenvalue weighted by atomic mass is 16.5. The van der Waals surface area contributed by atoms with Gasteiger partial charge in [0.15, 0.2) is 0 Å². The molecule has 1 aromatic rings. The molecule has 0 heterocycles. The van der Waals surface area contributed by atoms with E-state index in [1.165, 1.54) is 24.3 Å². The van der Waals surface area contributed by atoms with E-state index in [1.54, 1.807) is 0 Å². The number of hydrogen-bond donors (Lipinski definition) is 2. The second-order valence-electron chi connectivity index (χ2n) is 2.32. The Morgan fingerprint density at radius 3 is 2.31 bits per heavy atom. The van der Waals surface area contributed by atoms with E-state index in [-0.39, 0.29) is 11.5 Å². The lowest BCUT2D eigenvalue weighted by molar-refractivity contribution is -0.135. The first kappa shape index (κ1) is 9.12. The summed E-state index contributed by atoms with van der Waals surface area (Å²) >= 11 is 0. The summed E-state index contributed by atoms with van der Waals surface area (Å²) in [6.07, 6.45) is 0. The van der Waals surface area contributed by atoms with Crippen LogP contribution in [0.2, 0.25) is 0 Å². The van der Waals surface area contributed by atoms with Crippen molar-refractivity contribution >= 4 is 5.97 Å². The number of rotatable bonds is 3. The van der Waals surface area contributed by atoms with E-state index in [1.807, 2.05) is 0 Å². The SMILES string of the molecule is C=C(Oc1ccc(O)cc1)C(=O)O. The molecule has 0 unspecified atom stereocenters. The summed E-state index contributed by atoms with van der Waals surface area (Å²) in [4.78, 5) is 10.3. The number of carboxylic acids is 1. The van der Waals surface area contributed by atoms with E-state index in [9.17, 15) is 4.79 Å². The molecule has 13 heavy (non-hydrogen) atoms. The zero-order valence-corrected chi connectivity index (χ0v) is 6.73. The van der Waals surface area contributed by atoms with Gasteiger partial charge in [0.05, 0.1) is 0 Å². The van der Waals surface area contributed by atoms with Crippen molar-refractivity contribution in [2.24, 2.45) is 0 Å². The Bertz CT molecular complexity index is 326. The Balaban J connectivity index is 2.70. The first-order valence-corrected chi connectivity index (χ1v) is 3.48. The minimum absolute atomic E-state index is 0.0910. The maximum absolute atomic E-state index is 10.3. The summed E-state index contributed by atoms with van der Waals surface area (Å²) in [5.74, 6) is -1.16. The van der Waals surface area contributed by atoms with Crippen molar-refractivity contribution in [2.45, 2.75) is 0 Å². The molecular formula is C9H8O4. The summed E-state index contributed by atoms with van der Waals surface area (Å²) in [7, 11) is 0. The Morgan fingerprint density at radius 2 is 1.85 bits per heavy atom. The number of carboxylic acid groups (broad SMARTS) is 1. The monoisotopic (exact) mass is 180 g/mol. The molecule has 0 amide bonds. The lowest BCUT2D eigenvalue weighted by atomic mass is 10.3. The van der Waals surface area contributed by atoms with E-state index in [2.05, 4.69) is 6.58 Å². The highest BCUT2D eigenvalue weighted by Crippen LogP contribution is 2.17. The van der Waals surface area contributed by atoms with Crippen LogP contribution in [0, 0.1) is 0 Å². The molecule has 0 aliphatic carbocycles. The van der Waals surface area contributed by atoms with Gasteiger partial charge in [-0.2, -0.15) is 0 Å². The molecule has 68 valence electrons. The number of phenols is 1. The molecule has 4 heteroatoms. The van der Waals surface area contributed by atoms with E-state index in [0.29, 0.717) is 5.75 Å². The Morgan fingerprint density at radius 1 is 1.31 bits per heavy atom. The molecular weight excluding hydrogens is 172 g/mol. The quantitative estimate of drug-likeness (QED) is 0.544. The lowest BCUT2D eigenvalue weighted by Crippen LogP contribution is -2.05. The molecule has 0 radical (unpaired) electrons. The van der Waals surface area contributed by atoms with Crippen molar-refractivity contribution < 1.29 is 19.7 Å². The van der Waals surface area contributed by atoms with Gasteiger partial charge in [-0.05, 0) is 30.8 Å². The van der Waals surface area contributed by atoms with Gasteiger partial charge in [-0.15, -0.1) is 0 Å². The molecule has 0 spiro atoms. The van der Waals surface area contributed by atoms with Gasteiger partial charge in [-0.1, -0.05) is 0 Å². The third kappa shape index (κ3) is 2.52. The molecule has 0 atom stereocenters. The number of benzene rings is 1. The van der Waals surface area contributed by atoms with Crippen molar-refractivity contribution in [3.8, 4) is 11.5 Å². The van der Waals surface area contributed by atoms with Crippen LogP contribution in [0.3, 0.4) is 0 Å². The van der Waals surface area contributed by atoms with Crippen LogP contribution < -0.4 is 4.74 Å². The van der Waals surface area contributed by atoms with Crippen molar-refractivity contribution in [3.63, 3.8) is 0 Å². The Labute approximate surface area is 74.7 Å². The van der Waals surface area contributed by atoms with Crippen LogP contribution in [0.15, 0.2) is 36.6 Å². The van der Waals surface area contributed by atoms with E-state index in [4.69, 9.17) is 14.9 Å². The standard InChI is InChI=1S/C9H8O4/c1-6(9(11)12)13-8-4-2-7(10)3-5-8/h2-5,10H,1H2,(H,11,12). The van der Waals surface area contributed by atoms with Crippen LogP contribution in [0.4, 0.5) is 0 Å². The van der Waals surface area contributed by atoms with E-state index < -0.39 is 5.97 Å². The number of aliphatic carboxylic acids is 1. The normalized spacial score (nSPS) is 9.23. The fraction of sp³-hybridized carbons (Fsp3) is 0. The third-order valence-corrected chi connectivity index (χ3v) is 1.32. The minimum atomic E-state index is -1.21. The van der Waals surface area contributed by atoms with Gasteiger partial charge < -0.3 is 14.9 Å². The maximum atomic E-state index is 10.3. The van der Waals surface area contributed by atoms with Gasteiger partial charge in [-0.3, -0.25) is 0 Å². The molecule has 0 saturated carbocycles. The van der Waals surface area contributed by atoms with Crippen LogP contribution in [0.5, 0.6) is 11.5 Å². The zero-order chi connectivity index (χ0) is 9.84. The maximum Gasteiger partial charge on any atom is 0.371 e. The van der Waals surface area contributed by atoms with Crippen LogP contribution >= 0.6 is 0 Å². The summed E-state index contributed by atoms with van der Waals surface area (Å²) in [5, 5.41) is 17.3. The fourth-order valence-electron chi connectivity index (χ4n) is 0.700. The minimum Gasteiger partial charge on any atom is -0.508 e. The molecule has 0 saturated heterocycles. The van der Waals surface area contributed by atoms with Crippen molar-refractivity contribution in [1.82, 2.24) is 0 Å². The molecule has 1 rings (SSSR count). The van der Waals surface area contributed by atoms with Crippen LogP contribution in [-0.2, 0) is 4.79 Å². The number of ether oxygens (including phenoxy) is 1. The Kier molecular flexibility index (Phi) is 2.54. The molecule has 0 aliphatic rings. The predicted molar refractivity (Wildman–Crippen MR) is 45.5 cm³/mol. The average Bonchev–Trinajstić information content (AvgIpc) is 2.08. The molecule has 4 nitrogen and oxygen atoms in total. The average molecular weight is 180 g/mol. The van der Waals surface area contributed by atoms with Crippen LogP contribution in [-0.4, -0.2) is 16.2 Å². The third-order valence-electron chi connectivity index (χ3n) is 1.32. The van der Waals surface area contributed by atoms with Gasteiger partial charge in [-0.25, -0.2) is 4.79 Å². The first-order chi connectivity index (χ1) is 6.09. The van der Waals surface area contributed by atoms with Crippen molar-refractivity contribution in [2.75, 3.05) is 0 Å². The molecule has 2 N–H and O–H groups in total. The number of hydrogen-bond acceptors (Lipinski definition) is 3. The molecule has 0 bridgehead atoms. The van der Waals surface area contributed by atoms with Gasteiger partial charge >= 0.3 is 5.97 Å². The number of carbonyl (C=O) groups is 1. The van der Waals surface area contributed by atoms with Gasteiger partial charge in [0.1, 0.15) is 11.5 Å². The molecule has 0 aromatic heterocycles. The van der Waals surface area contributed by atoms with E-state index >= 15 is 0 Å². The largest absolute Gasteiger partial charge is 0.508 e. The summed E-state index contributed by atoms with van der Waals surface area (Å²) in [6.45, 7) is 3.19. The van der Waals surface area contributed by atoms with Crippen LogP contribution in [0.25, 0.3) is 0 Å². The zero-order valence-electron chi connectivity index (χ0n) is 6.73. The van der Waals surface area contributed by atoms with E-state index in [0.717, 1.165) is 0 Å². The predicted octanol–water partition coefficient (Wildman–Crippen LogP) is 1.37. The highest BCUT2D eigenvalue weighted by molar-refractivity contribution is 5.83. The summed E-state index contributed by atoms with van der Waals surface area (Å²) in [6, 6.07) is 5.68. The smallest absolute Gasteiger partial charge is 0.371 e. The van der Waals surface area contributed by atoms with Crippen LogP contribution in [0.1, 0.15) is 0 Å². The van der Waals surface area contributed by atoms with Gasteiger partial charge in [0.2, 0.25) is 5.76 Å². The fourth-order valence-corrected chi connectivity index (χ4v) is 0.700. The summed E-state index contributed by atoms with van der Waals surface area (Å²) < 4.78 is 4.83. The molecule has 0 fully saturated rings. The lowest BCUT2D eigenvalue weighted by Gasteiger charge is -2.03. The topological polar surface area (TPSA) is 66.8 Å². The summed E-state index contributed by atoms with van der Waals surface area (Å²) in [5.41, 5.74) is 0. The second-order valence-corrected chi connectivity index (χ2v) is 2.32. The highest BCUT2D eigenvalue weighted by Gasteiger charge is 2.05. The van der Waals surface area contributed by atoms with Gasteiger partial charge in [0.25, 0.3) is 0 Å². The molecule has 0 aliphatic heterocycles. The number of aromatic hydroxyl groups is 1. The number of phenolic OH excluding ortho intramolecular Hbond substituents is 1.